The minimum Gasteiger partial charge on any atom is -0.0870 e. The summed E-state index contributed by atoms with van der Waals surface area (Å²) in [5.74, 6) is 0. The summed E-state index contributed by atoms with van der Waals surface area (Å²) in [6.45, 7) is 4.15. The second kappa shape index (κ2) is 5.22. The fourth-order valence-corrected chi connectivity index (χ4v) is 1.63. The van der Waals surface area contributed by atoms with Crippen LogP contribution in [0.15, 0.2) is 28.4 Å². The molecule has 0 fully saturated rings. The highest BCUT2D eigenvalue weighted by Crippen LogP contribution is 2.15. The maximum absolute atomic E-state index is 2.24. The molecule has 0 amide bonds. The zero-order chi connectivity index (χ0) is 9.68. The predicted molar refractivity (Wildman–Crippen MR) is 68.9 cm³/mol. The molecule has 0 saturated carbocycles. The molecular weight excluding hydrogens is 271 g/mol. The van der Waals surface area contributed by atoms with Crippen molar-refractivity contribution in [3.05, 3.63) is 45.0 Å². The predicted octanol–water partition coefficient (Wildman–Crippen LogP) is 4.43. The second-order valence-electron chi connectivity index (χ2n) is 2.93. The van der Waals surface area contributed by atoms with Crippen LogP contribution in [0.1, 0.15) is 23.6 Å². The Kier molecular flexibility index (Phi) is 4.22. The SMILES string of the molecule is C/C=C/c1ccc(C)cc1/C=C\I. The van der Waals surface area contributed by atoms with Gasteiger partial charge in [0.2, 0.25) is 0 Å². The number of aryl methyl sites for hydroxylation is 1. The summed E-state index contributed by atoms with van der Waals surface area (Å²) < 4.78 is 2.04. The van der Waals surface area contributed by atoms with Gasteiger partial charge in [0.1, 0.15) is 0 Å². The summed E-state index contributed by atoms with van der Waals surface area (Å²) in [5, 5.41) is 0. The van der Waals surface area contributed by atoms with Crippen LogP contribution >= 0.6 is 22.6 Å². The van der Waals surface area contributed by atoms with Crippen molar-refractivity contribution in [2.45, 2.75) is 13.8 Å². The van der Waals surface area contributed by atoms with E-state index in [4.69, 9.17) is 0 Å². The molecule has 0 nitrogen and oxygen atoms in total. The number of hydrogen-bond donors (Lipinski definition) is 0. The number of hydrogen-bond acceptors (Lipinski definition) is 0. The molecule has 13 heavy (non-hydrogen) atoms. The Morgan fingerprint density at radius 3 is 2.54 bits per heavy atom. The van der Waals surface area contributed by atoms with E-state index in [0.29, 0.717) is 0 Å². The smallest absolute Gasteiger partial charge is 0.0177 e. The monoisotopic (exact) mass is 284 g/mol. The quantitative estimate of drug-likeness (QED) is 0.704. The Morgan fingerprint density at radius 1 is 1.15 bits per heavy atom. The van der Waals surface area contributed by atoms with Crippen molar-refractivity contribution in [1.82, 2.24) is 0 Å². The first kappa shape index (κ1) is 10.5. The first-order valence-corrected chi connectivity index (χ1v) is 5.52. The number of halogens is 1. The largest absolute Gasteiger partial charge is 0.0870 e. The Balaban J connectivity index is 3.18. The average molecular weight is 284 g/mol. The van der Waals surface area contributed by atoms with Crippen LogP contribution in [0.3, 0.4) is 0 Å². The van der Waals surface area contributed by atoms with Crippen molar-refractivity contribution in [3.63, 3.8) is 0 Å². The van der Waals surface area contributed by atoms with Crippen LogP contribution < -0.4 is 0 Å². The molecule has 0 aliphatic carbocycles. The molecule has 1 heteroatoms. The Bertz CT molecular complexity index is 335. The van der Waals surface area contributed by atoms with Crippen molar-refractivity contribution >= 4 is 34.7 Å². The van der Waals surface area contributed by atoms with E-state index in [1.54, 1.807) is 0 Å². The summed E-state index contributed by atoms with van der Waals surface area (Å²) in [6.07, 6.45) is 6.32. The molecule has 0 aliphatic rings. The van der Waals surface area contributed by atoms with E-state index < -0.39 is 0 Å². The standard InChI is InChI=1S/C12H13I/c1-3-4-11-6-5-10(2)9-12(11)7-8-13/h3-9H,1-2H3/b4-3+,8-7-. The van der Waals surface area contributed by atoms with Gasteiger partial charge in [-0.2, -0.15) is 0 Å². The van der Waals surface area contributed by atoms with Gasteiger partial charge in [0.15, 0.2) is 0 Å². The van der Waals surface area contributed by atoms with E-state index in [2.05, 4.69) is 65.9 Å². The van der Waals surface area contributed by atoms with Gasteiger partial charge in [-0.25, -0.2) is 0 Å². The van der Waals surface area contributed by atoms with Crippen molar-refractivity contribution in [2.24, 2.45) is 0 Å². The highest BCUT2D eigenvalue weighted by atomic mass is 127. The first-order valence-electron chi connectivity index (χ1n) is 4.28. The minimum atomic E-state index is 1.28. The molecule has 0 aromatic heterocycles. The van der Waals surface area contributed by atoms with Gasteiger partial charge in [-0.3, -0.25) is 0 Å². The maximum atomic E-state index is 2.24. The van der Waals surface area contributed by atoms with Crippen molar-refractivity contribution in [2.75, 3.05) is 0 Å². The lowest BCUT2D eigenvalue weighted by Crippen LogP contribution is -1.81. The highest BCUT2D eigenvalue weighted by molar-refractivity contribution is 14.1. The van der Waals surface area contributed by atoms with E-state index in [1.165, 1.54) is 16.7 Å². The molecule has 1 aromatic rings. The molecular formula is C12H13I. The van der Waals surface area contributed by atoms with Gasteiger partial charge < -0.3 is 0 Å². The van der Waals surface area contributed by atoms with Gasteiger partial charge >= 0.3 is 0 Å². The third kappa shape index (κ3) is 2.99. The van der Waals surface area contributed by atoms with Gasteiger partial charge in [0, 0.05) is 0 Å². The zero-order valence-corrected chi connectivity index (χ0v) is 10.1. The van der Waals surface area contributed by atoms with Crippen LogP contribution in [-0.2, 0) is 0 Å². The summed E-state index contributed by atoms with van der Waals surface area (Å²) in [7, 11) is 0. The van der Waals surface area contributed by atoms with E-state index in [9.17, 15) is 0 Å². The lowest BCUT2D eigenvalue weighted by Gasteiger charge is -2.01. The van der Waals surface area contributed by atoms with E-state index in [-0.39, 0.29) is 0 Å². The molecule has 0 saturated heterocycles. The van der Waals surface area contributed by atoms with Gasteiger partial charge in [-0.15, -0.1) is 0 Å². The van der Waals surface area contributed by atoms with Crippen molar-refractivity contribution < 1.29 is 0 Å². The molecule has 1 rings (SSSR count). The Labute approximate surface area is 93.5 Å². The van der Waals surface area contributed by atoms with Crippen LogP contribution in [0, 0.1) is 6.92 Å². The van der Waals surface area contributed by atoms with E-state index >= 15 is 0 Å². The molecule has 0 radical (unpaired) electrons. The average Bonchev–Trinajstić information content (AvgIpc) is 2.10. The highest BCUT2D eigenvalue weighted by Gasteiger charge is 1.95. The number of benzene rings is 1. The normalized spacial score (nSPS) is 11.6. The Hall–Kier alpha value is -0.570. The van der Waals surface area contributed by atoms with Gasteiger partial charge in [-0.05, 0) is 35.1 Å². The van der Waals surface area contributed by atoms with Gasteiger partial charge in [0.25, 0.3) is 0 Å². The summed E-state index contributed by atoms with van der Waals surface area (Å²) in [4.78, 5) is 0. The topological polar surface area (TPSA) is 0 Å². The third-order valence-electron chi connectivity index (χ3n) is 1.83. The molecule has 0 unspecified atom stereocenters. The van der Waals surface area contributed by atoms with Crippen LogP contribution in [0.5, 0.6) is 0 Å². The maximum Gasteiger partial charge on any atom is -0.0177 e. The minimum absolute atomic E-state index is 1.28. The third-order valence-corrected chi connectivity index (χ3v) is 2.19. The molecule has 0 N–H and O–H groups in total. The molecule has 0 bridgehead atoms. The van der Waals surface area contributed by atoms with E-state index in [1.807, 2.05) is 11.0 Å². The fourth-order valence-electron chi connectivity index (χ4n) is 1.24. The summed E-state index contributed by atoms with van der Waals surface area (Å²) in [6, 6.07) is 6.49. The van der Waals surface area contributed by atoms with Crippen LogP contribution in [-0.4, -0.2) is 0 Å². The first-order chi connectivity index (χ1) is 6.27. The molecule has 0 spiro atoms. The van der Waals surface area contributed by atoms with Crippen LogP contribution in [0.4, 0.5) is 0 Å². The Morgan fingerprint density at radius 2 is 1.92 bits per heavy atom. The molecule has 1 aromatic carbocycles. The number of allylic oxidation sites excluding steroid dienone is 1. The summed E-state index contributed by atoms with van der Waals surface area (Å²) in [5.41, 5.74) is 3.87. The molecule has 68 valence electrons. The number of rotatable bonds is 2. The fraction of sp³-hybridized carbons (Fsp3) is 0.167. The lowest BCUT2D eigenvalue weighted by molar-refractivity contribution is 1.44. The second-order valence-corrected chi connectivity index (χ2v) is 3.64. The molecule has 0 heterocycles. The summed E-state index contributed by atoms with van der Waals surface area (Å²) >= 11 is 2.24. The van der Waals surface area contributed by atoms with Crippen molar-refractivity contribution in [3.8, 4) is 0 Å². The lowest BCUT2D eigenvalue weighted by atomic mass is 10.0. The molecule has 0 atom stereocenters. The van der Waals surface area contributed by atoms with E-state index in [0.717, 1.165) is 0 Å². The van der Waals surface area contributed by atoms with Gasteiger partial charge in [-0.1, -0.05) is 58.5 Å². The van der Waals surface area contributed by atoms with Gasteiger partial charge in [0.05, 0.1) is 0 Å². The zero-order valence-electron chi connectivity index (χ0n) is 7.92. The van der Waals surface area contributed by atoms with Crippen molar-refractivity contribution in [1.29, 1.82) is 0 Å². The van der Waals surface area contributed by atoms with Crippen LogP contribution in [0.25, 0.3) is 12.2 Å². The van der Waals surface area contributed by atoms with Crippen LogP contribution in [0.2, 0.25) is 0 Å². The molecule has 0 aliphatic heterocycles.